The highest BCUT2D eigenvalue weighted by Crippen LogP contribution is 2.07. The molecule has 0 aromatic heterocycles. The van der Waals surface area contributed by atoms with Crippen LogP contribution in [0, 0.1) is 0 Å². The average molecular weight is 292 g/mol. The highest BCUT2D eigenvalue weighted by atomic mass is 32.2. The van der Waals surface area contributed by atoms with Crippen molar-refractivity contribution < 1.29 is 24.6 Å². The number of rotatable bonds is 9. The van der Waals surface area contributed by atoms with Gasteiger partial charge in [-0.3, -0.25) is 4.79 Å². The first-order chi connectivity index (χ1) is 8.86. The molecule has 0 aromatic carbocycles. The lowest BCUT2D eigenvalue weighted by Gasteiger charge is -2.15. The number of carbonyl (C=O) groups is 3. The van der Waals surface area contributed by atoms with E-state index in [1.807, 2.05) is 13.2 Å². The molecule has 0 spiro atoms. The van der Waals surface area contributed by atoms with Crippen LogP contribution >= 0.6 is 11.8 Å². The van der Waals surface area contributed by atoms with Gasteiger partial charge in [0.2, 0.25) is 0 Å². The summed E-state index contributed by atoms with van der Waals surface area (Å²) in [6, 6.07) is -1.78. The lowest BCUT2D eigenvalue weighted by molar-refractivity contribution is -0.140. The molecule has 0 radical (unpaired) electrons. The van der Waals surface area contributed by atoms with E-state index in [0.29, 0.717) is 11.8 Å². The van der Waals surface area contributed by atoms with Crippen LogP contribution in [-0.2, 0) is 9.59 Å². The summed E-state index contributed by atoms with van der Waals surface area (Å²) >= 11 is 1.68. The van der Waals surface area contributed by atoms with Gasteiger partial charge < -0.3 is 20.8 Å². The summed E-state index contributed by atoms with van der Waals surface area (Å²) in [4.78, 5) is 32.6. The molecule has 4 N–H and O–H groups in total. The normalized spacial score (nSPS) is 13.4. The van der Waals surface area contributed by atoms with Gasteiger partial charge >= 0.3 is 18.0 Å². The van der Waals surface area contributed by atoms with E-state index in [9.17, 15) is 14.4 Å². The van der Waals surface area contributed by atoms with Crippen LogP contribution in [0.15, 0.2) is 0 Å². The SMILES string of the molecule is CSC(C)CCNC(=O)N[C@@H](CCC(=O)O)C(=O)O. The highest BCUT2D eigenvalue weighted by Gasteiger charge is 2.20. The van der Waals surface area contributed by atoms with Crippen molar-refractivity contribution in [3.63, 3.8) is 0 Å². The Morgan fingerprint density at radius 2 is 1.84 bits per heavy atom. The maximum absolute atomic E-state index is 11.4. The molecule has 0 fully saturated rings. The van der Waals surface area contributed by atoms with E-state index < -0.39 is 24.0 Å². The largest absolute Gasteiger partial charge is 0.481 e. The van der Waals surface area contributed by atoms with Gasteiger partial charge in [0, 0.05) is 18.2 Å². The molecule has 2 atom stereocenters. The molecule has 0 bridgehead atoms. The summed E-state index contributed by atoms with van der Waals surface area (Å²) in [5.41, 5.74) is 0. The third-order valence-electron chi connectivity index (χ3n) is 2.49. The molecule has 0 aromatic rings. The van der Waals surface area contributed by atoms with Crippen molar-refractivity contribution >= 4 is 29.7 Å². The lowest BCUT2D eigenvalue weighted by Crippen LogP contribution is -2.46. The van der Waals surface area contributed by atoms with Crippen molar-refractivity contribution in [1.29, 1.82) is 0 Å². The van der Waals surface area contributed by atoms with Crippen LogP contribution in [0.4, 0.5) is 4.79 Å². The Kier molecular flexibility index (Phi) is 8.77. The Morgan fingerprint density at radius 1 is 1.21 bits per heavy atom. The predicted molar refractivity (Wildman–Crippen MR) is 72.4 cm³/mol. The first-order valence-corrected chi connectivity index (χ1v) is 7.17. The van der Waals surface area contributed by atoms with E-state index in [0.717, 1.165) is 6.42 Å². The Bertz CT molecular complexity index is 324. The number of carboxylic acids is 2. The molecule has 0 aliphatic heterocycles. The predicted octanol–water partition coefficient (Wildman–Crippen LogP) is 0.745. The first-order valence-electron chi connectivity index (χ1n) is 5.88. The van der Waals surface area contributed by atoms with Crippen LogP contribution in [0.3, 0.4) is 0 Å². The molecule has 0 saturated heterocycles. The zero-order chi connectivity index (χ0) is 14.8. The first kappa shape index (κ1) is 17.6. The number of carboxylic acid groups (broad SMARTS) is 2. The second-order valence-corrected chi connectivity index (χ2v) is 5.33. The second-order valence-electron chi connectivity index (χ2n) is 4.06. The molecule has 2 amide bonds. The van der Waals surface area contributed by atoms with Gasteiger partial charge in [0.1, 0.15) is 6.04 Å². The highest BCUT2D eigenvalue weighted by molar-refractivity contribution is 7.99. The number of carbonyl (C=O) groups excluding carboxylic acids is 1. The number of urea groups is 1. The van der Waals surface area contributed by atoms with Crippen molar-refractivity contribution in [3.8, 4) is 0 Å². The van der Waals surface area contributed by atoms with Crippen molar-refractivity contribution in [2.24, 2.45) is 0 Å². The molecule has 0 saturated carbocycles. The molecule has 8 heteroatoms. The van der Waals surface area contributed by atoms with E-state index in [4.69, 9.17) is 10.2 Å². The minimum Gasteiger partial charge on any atom is -0.481 e. The number of hydrogen-bond donors (Lipinski definition) is 4. The number of aliphatic carboxylic acids is 2. The lowest BCUT2D eigenvalue weighted by atomic mass is 10.1. The number of hydrogen-bond acceptors (Lipinski definition) is 4. The summed E-state index contributed by atoms with van der Waals surface area (Å²) in [5.74, 6) is -2.34. The minimum absolute atomic E-state index is 0.140. The number of nitrogens with one attached hydrogen (secondary N) is 2. The van der Waals surface area contributed by atoms with Gasteiger partial charge in [-0.05, 0) is 19.1 Å². The topological polar surface area (TPSA) is 116 Å². The quantitative estimate of drug-likeness (QED) is 0.498. The fraction of sp³-hybridized carbons (Fsp3) is 0.727. The van der Waals surface area contributed by atoms with Gasteiger partial charge in [0.05, 0.1) is 0 Å². The fourth-order valence-electron chi connectivity index (χ4n) is 1.24. The van der Waals surface area contributed by atoms with Crippen LogP contribution in [0.2, 0.25) is 0 Å². The van der Waals surface area contributed by atoms with E-state index in [1.165, 1.54) is 0 Å². The third-order valence-corrected chi connectivity index (χ3v) is 3.53. The zero-order valence-electron chi connectivity index (χ0n) is 11.0. The van der Waals surface area contributed by atoms with Crippen LogP contribution in [0.5, 0.6) is 0 Å². The molecule has 110 valence electrons. The fourth-order valence-corrected chi connectivity index (χ4v) is 1.59. The molecule has 7 nitrogen and oxygen atoms in total. The Labute approximate surface area is 116 Å². The third kappa shape index (κ3) is 9.18. The van der Waals surface area contributed by atoms with Gasteiger partial charge in [-0.2, -0.15) is 11.8 Å². The van der Waals surface area contributed by atoms with Crippen LogP contribution in [0.25, 0.3) is 0 Å². The van der Waals surface area contributed by atoms with Crippen molar-refractivity contribution in [1.82, 2.24) is 10.6 Å². The summed E-state index contributed by atoms with van der Waals surface area (Å²) in [6.45, 7) is 2.47. The maximum Gasteiger partial charge on any atom is 0.326 e. The Morgan fingerprint density at radius 3 is 2.32 bits per heavy atom. The smallest absolute Gasteiger partial charge is 0.326 e. The van der Waals surface area contributed by atoms with Gasteiger partial charge in [0.15, 0.2) is 0 Å². The molecular formula is C11H20N2O5S. The summed E-state index contributed by atoms with van der Waals surface area (Å²) < 4.78 is 0. The molecular weight excluding hydrogens is 272 g/mol. The molecule has 0 aliphatic carbocycles. The summed E-state index contributed by atoms with van der Waals surface area (Å²) in [5, 5.41) is 22.5. The van der Waals surface area contributed by atoms with Crippen LogP contribution < -0.4 is 10.6 Å². The molecule has 0 aliphatic rings. The van der Waals surface area contributed by atoms with Gasteiger partial charge in [-0.25, -0.2) is 9.59 Å². The molecule has 0 rings (SSSR count). The van der Waals surface area contributed by atoms with Gasteiger partial charge in [-0.1, -0.05) is 6.92 Å². The second kappa shape index (κ2) is 9.48. The van der Waals surface area contributed by atoms with E-state index in [2.05, 4.69) is 10.6 Å². The van der Waals surface area contributed by atoms with Crippen LogP contribution in [0.1, 0.15) is 26.2 Å². The Balaban J connectivity index is 4.03. The summed E-state index contributed by atoms with van der Waals surface area (Å²) in [6.07, 6.45) is 2.30. The maximum atomic E-state index is 11.4. The van der Waals surface area contributed by atoms with E-state index in [-0.39, 0.29) is 12.8 Å². The number of amides is 2. The van der Waals surface area contributed by atoms with E-state index >= 15 is 0 Å². The summed E-state index contributed by atoms with van der Waals surface area (Å²) in [7, 11) is 0. The number of thioether (sulfide) groups is 1. The van der Waals surface area contributed by atoms with Gasteiger partial charge in [-0.15, -0.1) is 0 Å². The monoisotopic (exact) mass is 292 g/mol. The molecule has 19 heavy (non-hydrogen) atoms. The van der Waals surface area contributed by atoms with Gasteiger partial charge in [0.25, 0.3) is 0 Å². The Hall–Kier alpha value is -1.44. The van der Waals surface area contributed by atoms with Crippen molar-refractivity contribution in [2.45, 2.75) is 37.5 Å². The van der Waals surface area contributed by atoms with E-state index in [1.54, 1.807) is 11.8 Å². The molecule has 0 heterocycles. The van der Waals surface area contributed by atoms with Crippen LogP contribution in [-0.4, -0.2) is 52.3 Å². The standard InChI is InChI=1S/C11H20N2O5S/c1-7(19-2)5-6-12-11(18)13-8(10(16)17)3-4-9(14)15/h7-8H,3-6H2,1-2H3,(H,14,15)(H,16,17)(H2,12,13,18)/t7?,8-/m0/s1. The molecule has 1 unspecified atom stereocenters. The van der Waals surface area contributed by atoms with Crippen molar-refractivity contribution in [3.05, 3.63) is 0 Å². The minimum atomic E-state index is -1.24. The van der Waals surface area contributed by atoms with Crippen molar-refractivity contribution in [2.75, 3.05) is 12.8 Å². The average Bonchev–Trinajstić information content (AvgIpc) is 2.33. The zero-order valence-corrected chi connectivity index (χ0v) is 11.8.